The first kappa shape index (κ1) is 22.0. The Balaban J connectivity index is 1.51. The molecule has 1 saturated heterocycles. The highest BCUT2D eigenvalue weighted by Gasteiger charge is 2.27. The largest absolute Gasteiger partial charge is 0.368 e. The second-order valence-electron chi connectivity index (χ2n) is 7.88. The van der Waals surface area contributed by atoms with Crippen LogP contribution in [0.1, 0.15) is 28.6 Å². The van der Waals surface area contributed by atoms with E-state index >= 15 is 0 Å². The van der Waals surface area contributed by atoms with Gasteiger partial charge in [0.05, 0.1) is 16.6 Å². The van der Waals surface area contributed by atoms with E-state index in [1.165, 1.54) is 22.2 Å². The van der Waals surface area contributed by atoms with Crippen molar-refractivity contribution in [3.63, 3.8) is 0 Å². The van der Waals surface area contributed by atoms with Gasteiger partial charge in [-0.1, -0.05) is 25.1 Å². The number of aromatic nitrogens is 2. The smallest absolute Gasteiger partial charge is 0.264 e. The van der Waals surface area contributed by atoms with Crippen LogP contribution in [0.2, 0.25) is 0 Å². The summed E-state index contributed by atoms with van der Waals surface area (Å²) >= 11 is 1.25. The van der Waals surface area contributed by atoms with Crippen molar-refractivity contribution < 1.29 is 9.59 Å². The third-order valence-corrected chi connectivity index (χ3v) is 6.87. The minimum atomic E-state index is -0.289. The number of thiophene rings is 1. The van der Waals surface area contributed by atoms with E-state index in [1.54, 1.807) is 6.92 Å². The Morgan fingerprint density at radius 1 is 1.12 bits per heavy atom. The van der Waals surface area contributed by atoms with E-state index in [1.807, 2.05) is 30.0 Å². The van der Waals surface area contributed by atoms with E-state index in [0.717, 1.165) is 25.2 Å². The fraction of sp³-hybridized carbons (Fsp3) is 0.391. The first-order chi connectivity index (χ1) is 15.5. The summed E-state index contributed by atoms with van der Waals surface area (Å²) < 4.78 is 1.31. The van der Waals surface area contributed by atoms with Crippen LogP contribution in [-0.2, 0) is 11.3 Å². The molecule has 1 aromatic carbocycles. The van der Waals surface area contributed by atoms with Gasteiger partial charge in [0.1, 0.15) is 11.4 Å². The van der Waals surface area contributed by atoms with Crippen LogP contribution < -0.4 is 15.8 Å². The summed E-state index contributed by atoms with van der Waals surface area (Å²) in [6.45, 7) is 7.01. The highest BCUT2D eigenvalue weighted by atomic mass is 32.1. The standard InChI is InChI=1S/C23H27N5O3S/c1-3-9-24-18(29)14-28-15-25-21-19(22(28)30)16(2)20(32-21)23(31)27-12-10-26(11-13-27)17-7-5-4-6-8-17/h4-8,15H,3,9-14H2,1-2H3,(H,24,29). The third kappa shape index (κ3) is 4.38. The van der Waals surface area contributed by atoms with Crippen molar-refractivity contribution in [3.05, 3.63) is 57.5 Å². The number of piperazine rings is 1. The molecule has 2 aromatic heterocycles. The van der Waals surface area contributed by atoms with Crippen molar-refractivity contribution in [2.75, 3.05) is 37.6 Å². The molecule has 8 nitrogen and oxygen atoms in total. The van der Waals surface area contributed by atoms with Crippen molar-refractivity contribution in [2.45, 2.75) is 26.8 Å². The maximum absolute atomic E-state index is 13.2. The number of nitrogens with zero attached hydrogens (tertiary/aromatic N) is 4. The van der Waals surface area contributed by atoms with E-state index in [4.69, 9.17) is 0 Å². The molecule has 0 bridgehead atoms. The number of carbonyl (C=O) groups excluding carboxylic acids is 2. The Hall–Kier alpha value is -3.20. The minimum Gasteiger partial charge on any atom is -0.368 e. The monoisotopic (exact) mass is 453 g/mol. The quantitative estimate of drug-likeness (QED) is 0.619. The molecule has 0 radical (unpaired) electrons. The number of amides is 2. The second kappa shape index (κ2) is 9.52. The van der Waals surface area contributed by atoms with Crippen LogP contribution in [-0.4, -0.2) is 59.0 Å². The molecule has 0 saturated carbocycles. The third-order valence-electron chi connectivity index (χ3n) is 5.69. The predicted octanol–water partition coefficient (Wildman–Crippen LogP) is 2.26. The lowest BCUT2D eigenvalue weighted by Gasteiger charge is -2.36. The summed E-state index contributed by atoms with van der Waals surface area (Å²) in [6.07, 6.45) is 2.21. The molecule has 0 spiro atoms. The maximum atomic E-state index is 13.2. The zero-order valence-electron chi connectivity index (χ0n) is 18.3. The Bertz CT molecular complexity index is 1180. The average Bonchev–Trinajstić information content (AvgIpc) is 3.16. The molecule has 1 fully saturated rings. The molecular formula is C23H27N5O3S. The lowest BCUT2D eigenvalue weighted by molar-refractivity contribution is -0.121. The topological polar surface area (TPSA) is 87.5 Å². The fourth-order valence-corrected chi connectivity index (χ4v) is 5.01. The van der Waals surface area contributed by atoms with Crippen molar-refractivity contribution >= 4 is 39.1 Å². The van der Waals surface area contributed by atoms with Crippen LogP contribution in [0.15, 0.2) is 41.5 Å². The van der Waals surface area contributed by atoms with Crippen molar-refractivity contribution in [2.24, 2.45) is 0 Å². The zero-order valence-corrected chi connectivity index (χ0v) is 19.2. The molecule has 4 rings (SSSR count). The van der Waals surface area contributed by atoms with Crippen molar-refractivity contribution in [1.82, 2.24) is 19.8 Å². The predicted molar refractivity (Wildman–Crippen MR) is 126 cm³/mol. The molecule has 0 unspecified atom stereocenters. The molecule has 1 aliphatic rings. The van der Waals surface area contributed by atoms with Gasteiger partial charge in [-0.25, -0.2) is 4.98 Å². The normalized spacial score (nSPS) is 14.1. The lowest BCUT2D eigenvalue weighted by atomic mass is 10.2. The number of hydrogen-bond acceptors (Lipinski definition) is 6. The summed E-state index contributed by atoms with van der Waals surface area (Å²) in [4.78, 5) is 47.8. The van der Waals surface area contributed by atoms with Gasteiger partial charge in [-0.3, -0.25) is 19.0 Å². The van der Waals surface area contributed by atoms with E-state index in [2.05, 4.69) is 27.3 Å². The minimum absolute atomic E-state index is 0.0650. The van der Waals surface area contributed by atoms with Crippen LogP contribution >= 0.6 is 11.3 Å². The molecule has 32 heavy (non-hydrogen) atoms. The molecule has 0 aliphatic carbocycles. The maximum Gasteiger partial charge on any atom is 0.264 e. The average molecular weight is 454 g/mol. The Morgan fingerprint density at radius 3 is 2.53 bits per heavy atom. The number of anilines is 1. The number of benzene rings is 1. The van der Waals surface area contributed by atoms with E-state index < -0.39 is 0 Å². The van der Waals surface area contributed by atoms with Gasteiger partial charge in [-0.05, 0) is 31.0 Å². The van der Waals surface area contributed by atoms with Crippen LogP contribution in [0.3, 0.4) is 0 Å². The van der Waals surface area contributed by atoms with Crippen LogP contribution in [0, 0.1) is 6.92 Å². The van der Waals surface area contributed by atoms with E-state index in [0.29, 0.717) is 40.3 Å². The highest BCUT2D eigenvalue weighted by Crippen LogP contribution is 2.28. The molecule has 168 valence electrons. The number of para-hydroxylation sites is 1. The molecule has 1 aliphatic heterocycles. The fourth-order valence-electron chi connectivity index (χ4n) is 3.90. The highest BCUT2D eigenvalue weighted by molar-refractivity contribution is 7.20. The first-order valence-electron chi connectivity index (χ1n) is 10.8. The zero-order chi connectivity index (χ0) is 22.7. The number of nitrogens with one attached hydrogen (secondary N) is 1. The number of fused-ring (bicyclic) bond motifs is 1. The molecule has 1 N–H and O–H groups in total. The van der Waals surface area contributed by atoms with Gasteiger partial charge in [0.2, 0.25) is 5.91 Å². The molecule has 3 heterocycles. The van der Waals surface area contributed by atoms with Gasteiger partial charge < -0.3 is 15.1 Å². The van der Waals surface area contributed by atoms with E-state index in [9.17, 15) is 14.4 Å². The van der Waals surface area contributed by atoms with Gasteiger partial charge in [0.15, 0.2) is 0 Å². The van der Waals surface area contributed by atoms with Crippen LogP contribution in [0.4, 0.5) is 5.69 Å². The van der Waals surface area contributed by atoms with Gasteiger partial charge in [-0.2, -0.15) is 0 Å². The first-order valence-corrected chi connectivity index (χ1v) is 11.7. The molecular weight excluding hydrogens is 426 g/mol. The van der Waals surface area contributed by atoms with Crippen molar-refractivity contribution in [3.8, 4) is 0 Å². The van der Waals surface area contributed by atoms with Gasteiger partial charge in [0.25, 0.3) is 11.5 Å². The molecule has 9 heteroatoms. The number of carbonyl (C=O) groups is 2. The van der Waals surface area contributed by atoms with Gasteiger partial charge in [0, 0.05) is 38.4 Å². The number of hydrogen-bond donors (Lipinski definition) is 1. The van der Waals surface area contributed by atoms with Crippen LogP contribution in [0.5, 0.6) is 0 Å². The lowest BCUT2D eigenvalue weighted by Crippen LogP contribution is -2.48. The molecule has 2 amide bonds. The Kier molecular flexibility index (Phi) is 6.55. The summed E-state index contributed by atoms with van der Waals surface area (Å²) in [5, 5.41) is 3.19. The van der Waals surface area contributed by atoms with Gasteiger partial charge >= 0.3 is 0 Å². The van der Waals surface area contributed by atoms with Gasteiger partial charge in [-0.15, -0.1) is 11.3 Å². The summed E-state index contributed by atoms with van der Waals surface area (Å²) in [5.74, 6) is -0.291. The SMILES string of the molecule is CCCNC(=O)Cn1cnc2sc(C(=O)N3CCN(c4ccccc4)CC3)c(C)c2c1=O. The Morgan fingerprint density at radius 2 is 1.84 bits per heavy atom. The second-order valence-corrected chi connectivity index (χ2v) is 8.88. The number of rotatable bonds is 6. The van der Waals surface area contributed by atoms with Crippen LogP contribution in [0.25, 0.3) is 10.2 Å². The molecule has 3 aromatic rings. The van der Waals surface area contributed by atoms with E-state index in [-0.39, 0.29) is 23.9 Å². The Labute approximate surface area is 190 Å². The van der Waals surface area contributed by atoms with Crippen molar-refractivity contribution in [1.29, 1.82) is 0 Å². The summed E-state index contributed by atoms with van der Waals surface area (Å²) in [7, 11) is 0. The summed E-state index contributed by atoms with van der Waals surface area (Å²) in [6, 6.07) is 10.2. The molecule has 0 atom stereocenters. The summed E-state index contributed by atoms with van der Waals surface area (Å²) in [5.41, 5.74) is 1.51. The number of aryl methyl sites for hydroxylation is 1.